The summed E-state index contributed by atoms with van der Waals surface area (Å²) in [5.41, 5.74) is 12.1. The van der Waals surface area contributed by atoms with Crippen LogP contribution in [0.15, 0.2) is 180 Å². The largest absolute Gasteiger partial charge is 0.454 e. The quantitative estimate of drug-likeness (QED) is 0.185. The van der Waals surface area contributed by atoms with E-state index in [9.17, 15) is 0 Å². The van der Waals surface area contributed by atoms with Gasteiger partial charge in [0.2, 0.25) is 0 Å². The molecule has 0 aliphatic heterocycles. The second-order valence-electron chi connectivity index (χ2n) is 13.7. The standard InChI is InChI=1S/C48H29N3O/c1-2-12-30(13-3-1)51-45-26-22-31(49-41-18-8-4-14-33(41)34-15-5-9-19-42(34)49)28-39(45)37-24-25-38-40-29-32(23-27-46(40)52-48(38)47(37)51)50-43-20-10-6-16-35(43)36-17-7-11-21-44(36)50/h1-29H. The molecule has 0 atom stereocenters. The second-order valence-corrected chi connectivity index (χ2v) is 13.7. The van der Waals surface area contributed by atoms with Crippen LogP contribution < -0.4 is 0 Å². The van der Waals surface area contributed by atoms with Crippen LogP contribution >= 0.6 is 0 Å². The number of aromatic nitrogens is 3. The molecule has 0 aliphatic rings. The predicted octanol–water partition coefficient (Wildman–Crippen LogP) is 12.9. The fraction of sp³-hybridized carbons (Fsp3) is 0. The summed E-state index contributed by atoms with van der Waals surface area (Å²) in [7, 11) is 0. The second kappa shape index (κ2) is 10.3. The fourth-order valence-corrected chi connectivity index (χ4v) is 8.83. The topological polar surface area (TPSA) is 27.9 Å². The Balaban J connectivity index is 1.15. The zero-order chi connectivity index (χ0) is 33.9. The van der Waals surface area contributed by atoms with Crippen molar-refractivity contribution in [3.8, 4) is 17.1 Å². The van der Waals surface area contributed by atoms with E-state index in [1.165, 1.54) is 49.0 Å². The number of benzene rings is 8. The molecule has 12 aromatic rings. The molecule has 4 heteroatoms. The van der Waals surface area contributed by atoms with Crippen molar-refractivity contribution in [3.05, 3.63) is 176 Å². The van der Waals surface area contributed by atoms with Crippen molar-refractivity contribution in [1.82, 2.24) is 13.7 Å². The molecule has 0 saturated heterocycles. The third-order valence-electron chi connectivity index (χ3n) is 11.0. The van der Waals surface area contributed by atoms with Crippen molar-refractivity contribution in [1.29, 1.82) is 0 Å². The molecule has 0 N–H and O–H groups in total. The van der Waals surface area contributed by atoms with Crippen LogP contribution in [0.1, 0.15) is 0 Å². The normalized spacial score (nSPS) is 12.2. The van der Waals surface area contributed by atoms with E-state index in [4.69, 9.17) is 4.42 Å². The molecule has 4 nitrogen and oxygen atoms in total. The molecule has 0 unspecified atom stereocenters. The molecule has 242 valence electrons. The Morgan fingerprint density at radius 1 is 0.288 bits per heavy atom. The third kappa shape index (κ3) is 3.65. The zero-order valence-corrected chi connectivity index (χ0v) is 28.0. The zero-order valence-electron chi connectivity index (χ0n) is 28.0. The highest BCUT2D eigenvalue weighted by Crippen LogP contribution is 2.43. The van der Waals surface area contributed by atoms with Gasteiger partial charge >= 0.3 is 0 Å². The lowest BCUT2D eigenvalue weighted by molar-refractivity contribution is 0.671. The van der Waals surface area contributed by atoms with Gasteiger partial charge in [-0.15, -0.1) is 0 Å². The molecule has 12 rings (SSSR count). The highest BCUT2D eigenvalue weighted by molar-refractivity contribution is 6.22. The molecule has 4 heterocycles. The van der Waals surface area contributed by atoms with E-state index in [0.717, 1.165) is 55.4 Å². The SMILES string of the molecule is c1ccc(-n2c3ccc(-n4c5ccccc5c5ccccc54)cc3c3ccc4c5cc(-n6c7ccccc7c7ccccc76)ccc5oc4c32)cc1. The molecule has 52 heavy (non-hydrogen) atoms. The summed E-state index contributed by atoms with van der Waals surface area (Å²) < 4.78 is 14.0. The maximum atomic E-state index is 6.89. The van der Waals surface area contributed by atoms with E-state index in [1.54, 1.807) is 0 Å². The first-order valence-electron chi connectivity index (χ1n) is 17.8. The summed E-state index contributed by atoms with van der Waals surface area (Å²) in [5, 5.41) is 9.58. The Labute approximate surface area is 297 Å². The predicted molar refractivity (Wildman–Crippen MR) is 217 cm³/mol. The Bertz CT molecular complexity index is 3300. The van der Waals surface area contributed by atoms with E-state index < -0.39 is 0 Å². The summed E-state index contributed by atoms with van der Waals surface area (Å²) in [4.78, 5) is 0. The van der Waals surface area contributed by atoms with Crippen LogP contribution in [0.5, 0.6) is 0 Å². The minimum absolute atomic E-state index is 0.878. The first-order chi connectivity index (χ1) is 25.8. The molecule has 0 amide bonds. The number of hydrogen-bond donors (Lipinski definition) is 0. The highest BCUT2D eigenvalue weighted by Gasteiger charge is 2.21. The van der Waals surface area contributed by atoms with Gasteiger partial charge in [-0.1, -0.05) is 97.1 Å². The monoisotopic (exact) mass is 663 g/mol. The Morgan fingerprint density at radius 2 is 0.750 bits per heavy atom. The molecule has 0 bridgehead atoms. The van der Waals surface area contributed by atoms with E-state index in [1.807, 2.05) is 0 Å². The van der Waals surface area contributed by atoms with Gasteiger partial charge in [0.15, 0.2) is 5.58 Å². The van der Waals surface area contributed by atoms with E-state index >= 15 is 0 Å². The lowest BCUT2D eigenvalue weighted by atomic mass is 10.1. The van der Waals surface area contributed by atoms with Crippen molar-refractivity contribution in [2.24, 2.45) is 0 Å². The summed E-state index contributed by atoms with van der Waals surface area (Å²) in [6.45, 7) is 0. The average molecular weight is 664 g/mol. The smallest absolute Gasteiger partial charge is 0.160 e. The lowest BCUT2D eigenvalue weighted by Crippen LogP contribution is -1.95. The van der Waals surface area contributed by atoms with Gasteiger partial charge in [0.1, 0.15) is 5.58 Å². The first-order valence-corrected chi connectivity index (χ1v) is 17.8. The van der Waals surface area contributed by atoms with E-state index in [-0.39, 0.29) is 0 Å². The van der Waals surface area contributed by atoms with Gasteiger partial charge < -0.3 is 18.1 Å². The van der Waals surface area contributed by atoms with Crippen molar-refractivity contribution in [2.45, 2.75) is 0 Å². The van der Waals surface area contributed by atoms with Crippen LogP contribution in [0, 0.1) is 0 Å². The van der Waals surface area contributed by atoms with Gasteiger partial charge in [-0.2, -0.15) is 0 Å². The number of para-hydroxylation sites is 5. The number of rotatable bonds is 3. The molecule has 0 saturated carbocycles. The fourth-order valence-electron chi connectivity index (χ4n) is 8.83. The van der Waals surface area contributed by atoms with Gasteiger partial charge in [0.05, 0.1) is 33.1 Å². The summed E-state index contributed by atoms with van der Waals surface area (Å²) in [6, 6.07) is 63.4. The molecule has 0 fully saturated rings. The van der Waals surface area contributed by atoms with Crippen LogP contribution in [0.3, 0.4) is 0 Å². The molecular weight excluding hydrogens is 635 g/mol. The van der Waals surface area contributed by atoms with Gasteiger partial charge in [-0.05, 0) is 78.9 Å². The van der Waals surface area contributed by atoms with E-state index in [0.29, 0.717) is 0 Å². The Kier molecular flexibility index (Phi) is 5.47. The lowest BCUT2D eigenvalue weighted by Gasteiger charge is -2.10. The van der Waals surface area contributed by atoms with Gasteiger partial charge in [0, 0.05) is 60.2 Å². The number of nitrogens with zero attached hydrogens (tertiary/aromatic N) is 3. The molecule has 0 radical (unpaired) electrons. The Morgan fingerprint density at radius 3 is 1.33 bits per heavy atom. The molecule has 0 spiro atoms. The maximum Gasteiger partial charge on any atom is 0.160 e. The van der Waals surface area contributed by atoms with Gasteiger partial charge in [0.25, 0.3) is 0 Å². The molecule has 4 aromatic heterocycles. The maximum absolute atomic E-state index is 6.89. The van der Waals surface area contributed by atoms with Crippen LogP contribution in [0.25, 0.3) is 104 Å². The average Bonchev–Trinajstić information content (AvgIpc) is 3.94. The molecular formula is C48H29N3O. The van der Waals surface area contributed by atoms with Crippen molar-refractivity contribution >= 4 is 87.4 Å². The van der Waals surface area contributed by atoms with Gasteiger partial charge in [-0.25, -0.2) is 0 Å². The van der Waals surface area contributed by atoms with Gasteiger partial charge in [-0.3, -0.25) is 0 Å². The van der Waals surface area contributed by atoms with Crippen molar-refractivity contribution in [2.75, 3.05) is 0 Å². The Hall–Kier alpha value is -7.04. The van der Waals surface area contributed by atoms with Crippen LogP contribution in [0.2, 0.25) is 0 Å². The van der Waals surface area contributed by atoms with Crippen LogP contribution in [-0.4, -0.2) is 13.7 Å². The molecule has 8 aromatic carbocycles. The van der Waals surface area contributed by atoms with Crippen LogP contribution in [-0.2, 0) is 0 Å². The number of hydrogen-bond acceptors (Lipinski definition) is 1. The van der Waals surface area contributed by atoms with Crippen molar-refractivity contribution < 1.29 is 4.42 Å². The van der Waals surface area contributed by atoms with E-state index in [2.05, 4.69) is 190 Å². The minimum atomic E-state index is 0.878. The van der Waals surface area contributed by atoms with Crippen LogP contribution in [0.4, 0.5) is 0 Å². The number of fused-ring (bicyclic) bond motifs is 13. The third-order valence-corrected chi connectivity index (χ3v) is 11.0. The minimum Gasteiger partial charge on any atom is -0.454 e. The summed E-state index contributed by atoms with van der Waals surface area (Å²) >= 11 is 0. The number of furan rings is 1. The summed E-state index contributed by atoms with van der Waals surface area (Å²) in [6.07, 6.45) is 0. The summed E-state index contributed by atoms with van der Waals surface area (Å²) in [5.74, 6) is 0. The first kappa shape index (κ1) is 27.7. The van der Waals surface area contributed by atoms with Crippen molar-refractivity contribution in [3.63, 3.8) is 0 Å². The highest BCUT2D eigenvalue weighted by atomic mass is 16.3. The molecule has 0 aliphatic carbocycles.